The maximum atomic E-state index is 11.4. The Kier molecular flexibility index (Phi) is 2.90. The fourth-order valence-electron chi connectivity index (χ4n) is 0.966. The van der Waals surface area contributed by atoms with Gasteiger partial charge in [-0.25, -0.2) is 8.42 Å². The molecule has 1 aromatic carbocycles. The number of ether oxygens (including phenoxy) is 1. The second-order valence-corrected chi connectivity index (χ2v) is 4.43. The molecule has 1 aromatic rings. The first-order valence-electron chi connectivity index (χ1n) is 3.67. The molecule has 72 valence electrons. The van der Waals surface area contributed by atoms with Crippen molar-refractivity contribution < 1.29 is 13.2 Å². The summed E-state index contributed by atoms with van der Waals surface area (Å²) >= 11 is 0. The van der Waals surface area contributed by atoms with Gasteiger partial charge in [-0.15, -0.1) is 0 Å². The van der Waals surface area contributed by atoms with Crippen LogP contribution >= 0.6 is 0 Å². The molecule has 13 heavy (non-hydrogen) atoms. The molecule has 1 rings (SSSR count). The van der Waals surface area contributed by atoms with E-state index in [0.29, 0.717) is 5.75 Å². The van der Waals surface area contributed by atoms with Crippen molar-refractivity contribution in [1.82, 2.24) is 0 Å². The molecule has 0 fully saturated rings. The maximum absolute atomic E-state index is 11.4. The van der Waals surface area contributed by atoms with E-state index in [1.807, 2.05) is 0 Å². The Morgan fingerprint density at radius 3 is 2.54 bits per heavy atom. The van der Waals surface area contributed by atoms with E-state index in [9.17, 15) is 8.42 Å². The third kappa shape index (κ3) is 1.99. The molecular weight excluding hydrogens is 190 g/mol. The molecule has 0 bridgehead atoms. The van der Waals surface area contributed by atoms with Crippen molar-refractivity contribution in [2.24, 2.45) is 5.73 Å². The second-order valence-electron chi connectivity index (χ2n) is 2.43. The predicted octanol–water partition coefficient (Wildman–Crippen LogP) is 0.385. The van der Waals surface area contributed by atoms with Gasteiger partial charge in [-0.05, 0) is 12.1 Å². The molecule has 0 saturated heterocycles. The number of para-hydroxylation sites is 1. The van der Waals surface area contributed by atoms with Gasteiger partial charge in [0.15, 0.2) is 9.84 Å². The van der Waals surface area contributed by atoms with Crippen LogP contribution < -0.4 is 10.5 Å². The van der Waals surface area contributed by atoms with E-state index in [-0.39, 0.29) is 4.90 Å². The van der Waals surface area contributed by atoms with Gasteiger partial charge in [0.1, 0.15) is 16.5 Å². The molecule has 0 aliphatic heterocycles. The third-order valence-corrected chi connectivity index (χ3v) is 3.07. The number of hydrogen-bond acceptors (Lipinski definition) is 4. The molecule has 0 aliphatic rings. The smallest absolute Gasteiger partial charge is 0.194 e. The molecular formula is C8H11NO3S. The molecule has 0 heterocycles. The van der Waals surface area contributed by atoms with E-state index in [0.717, 1.165) is 0 Å². The SMILES string of the molecule is COc1ccccc1S(=O)(=O)CN. The molecule has 0 unspecified atom stereocenters. The van der Waals surface area contributed by atoms with E-state index < -0.39 is 15.7 Å². The lowest BCUT2D eigenvalue weighted by molar-refractivity contribution is 0.403. The van der Waals surface area contributed by atoms with Crippen molar-refractivity contribution in [1.29, 1.82) is 0 Å². The number of rotatable bonds is 3. The van der Waals surface area contributed by atoms with Crippen LogP contribution in [0.2, 0.25) is 0 Å². The van der Waals surface area contributed by atoms with Gasteiger partial charge in [-0.3, -0.25) is 0 Å². The van der Waals surface area contributed by atoms with Crippen molar-refractivity contribution in [3.63, 3.8) is 0 Å². The molecule has 0 spiro atoms. The van der Waals surface area contributed by atoms with Gasteiger partial charge >= 0.3 is 0 Å². The van der Waals surface area contributed by atoms with E-state index >= 15 is 0 Å². The minimum atomic E-state index is -3.39. The fourth-order valence-corrected chi connectivity index (χ4v) is 1.89. The summed E-state index contributed by atoms with van der Waals surface area (Å²) in [5.41, 5.74) is 5.12. The first-order chi connectivity index (χ1) is 6.11. The van der Waals surface area contributed by atoms with Gasteiger partial charge in [0.05, 0.1) is 7.11 Å². The zero-order valence-electron chi connectivity index (χ0n) is 7.23. The van der Waals surface area contributed by atoms with Gasteiger partial charge in [0.25, 0.3) is 0 Å². The van der Waals surface area contributed by atoms with Crippen LogP contribution in [-0.2, 0) is 9.84 Å². The highest BCUT2D eigenvalue weighted by atomic mass is 32.2. The minimum absolute atomic E-state index is 0.139. The van der Waals surface area contributed by atoms with Gasteiger partial charge in [-0.2, -0.15) is 0 Å². The number of sulfone groups is 1. The minimum Gasteiger partial charge on any atom is -0.495 e. The number of methoxy groups -OCH3 is 1. The van der Waals surface area contributed by atoms with Crippen LogP contribution in [-0.4, -0.2) is 21.4 Å². The average molecular weight is 201 g/mol. The van der Waals surface area contributed by atoms with Gasteiger partial charge in [0, 0.05) is 0 Å². The lowest BCUT2D eigenvalue weighted by atomic mass is 10.3. The summed E-state index contributed by atoms with van der Waals surface area (Å²) in [7, 11) is -1.97. The first kappa shape index (κ1) is 10.0. The molecule has 0 aromatic heterocycles. The second kappa shape index (κ2) is 3.76. The zero-order valence-corrected chi connectivity index (χ0v) is 8.04. The third-order valence-electron chi connectivity index (χ3n) is 1.62. The molecule has 0 aliphatic carbocycles. The predicted molar refractivity (Wildman–Crippen MR) is 49.2 cm³/mol. The first-order valence-corrected chi connectivity index (χ1v) is 5.33. The van der Waals surface area contributed by atoms with Crippen LogP contribution in [0.3, 0.4) is 0 Å². The Morgan fingerprint density at radius 2 is 2.00 bits per heavy atom. The number of benzene rings is 1. The van der Waals surface area contributed by atoms with E-state index in [1.54, 1.807) is 18.2 Å². The monoisotopic (exact) mass is 201 g/mol. The molecule has 5 heteroatoms. The van der Waals surface area contributed by atoms with E-state index in [1.165, 1.54) is 13.2 Å². The van der Waals surface area contributed by atoms with E-state index in [2.05, 4.69) is 0 Å². The summed E-state index contributed by atoms with van der Waals surface area (Å²) in [6.45, 7) is 0. The number of hydrogen-bond donors (Lipinski definition) is 1. The molecule has 2 N–H and O–H groups in total. The Hall–Kier alpha value is -1.07. The Labute approximate surface area is 77.2 Å². The van der Waals surface area contributed by atoms with Crippen molar-refractivity contribution in [2.75, 3.05) is 13.0 Å². The summed E-state index contributed by atoms with van der Waals surface area (Å²) in [6, 6.07) is 6.39. The molecule has 0 saturated carbocycles. The highest BCUT2D eigenvalue weighted by Gasteiger charge is 2.16. The fraction of sp³-hybridized carbons (Fsp3) is 0.250. The normalized spacial score (nSPS) is 11.2. The Morgan fingerprint density at radius 1 is 1.38 bits per heavy atom. The largest absolute Gasteiger partial charge is 0.495 e. The van der Waals surface area contributed by atoms with Crippen molar-refractivity contribution >= 4 is 9.84 Å². The summed E-state index contributed by atoms with van der Waals surface area (Å²) < 4.78 is 27.7. The topological polar surface area (TPSA) is 69.4 Å². The summed E-state index contributed by atoms with van der Waals surface area (Å²) in [5, 5.41) is 0. The van der Waals surface area contributed by atoms with Crippen LogP contribution in [0.15, 0.2) is 29.2 Å². The highest BCUT2D eigenvalue weighted by Crippen LogP contribution is 2.22. The van der Waals surface area contributed by atoms with Crippen LogP contribution in [0, 0.1) is 0 Å². The van der Waals surface area contributed by atoms with E-state index in [4.69, 9.17) is 10.5 Å². The molecule has 4 nitrogen and oxygen atoms in total. The molecule has 0 amide bonds. The number of nitrogens with two attached hydrogens (primary N) is 1. The molecule has 0 radical (unpaired) electrons. The average Bonchev–Trinajstić information content (AvgIpc) is 2.18. The van der Waals surface area contributed by atoms with Crippen LogP contribution in [0.4, 0.5) is 0 Å². The zero-order chi connectivity index (χ0) is 9.90. The van der Waals surface area contributed by atoms with Gasteiger partial charge in [0.2, 0.25) is 0 Å². The lowest BCUT2D eigenvalue weighted by Crippen LogP contribution is -2.15. The van der Waals surface area contributed by atoms with Crippen LogP contribution in [0.25, 0.3) is 0 Å². The maximum Gasteiger partial charge on any atom is 0.194 e. The van der Waals surface area contributed by atoms with Crippen LogP contribution in [0.1, 0.15) is 0 Å². The Balaban J connectivity index is 3.29. The summed E-state index contributed by atoms with van der Waals surface area (Å²) in [6.07, 6.45) is 0. The lowest BCUT2D eigenvalue weighted by Gasteiger charge is -2.06. The van der Waals surface area contributed by atoms with Crippen molar-refractivity contribution in [3.8, 4) is 5.75 Å². The summed E-state index contributed by atoms with van der Waals surface area (Å²) in [4.78, 5) is 0.139. The Bertz CT molecular complexity index is 386. The quantitative estimate of drug-likeness (QED) is 0.767. The van der Waals surface area contributed by atoms with Crippen LogP contribution in [0.5, 0.6) is 5.75 Å². The molecule has 0 atom stereocenters. The van der Waals surface area contributed by atoms with Crippen molar-refractivity contribution in [2.45, 2.75) is 4.90 Å². The standard InChI is InChI=1S/C8H11NO3S/c1-12-7-4-2-3-5-8(7)13(10,11)6-9/h2-5H,6,9H2,1H3. The van der Waals surface area contributed by atoms with Gasteiger partial charge < -0.3 is 10.5 Å². The van der Waals surface area contributed by atoms with Crippen molar-refractivity contribution in [3.05, 3.63) is 24.3 Å². The van der Waals surface area contributed by atoms with Gasteiger partial charge in [-0.1, -0.05) is 12.1 Å². The highest BCUT2D eigenvalue weighted by molar-refractivity contribution is 7.91. The summed E-state index contributed by atoms with van der Waals surface area (Å²) in [5.74, 6) is -0.0825.